The van der Waals surface area contributed by atoms with Gasteiger partial charge in [-0.05, 0) is 19.1 Å². The molecule has 0 saturated heterocycles. The molecular formula is C13H20N2O3. The third-order valence-corrected chi connectivity index (χ3v) is 2.58. The summed E-state index contributed by atoms with van der Waals surface area (Å²) in [6.07, 6.45) is 0. The summed E-state index contributed by atoms with van der Waals surface area (Å²) in [5.74, 6) is 0.384. The van der Waals surface area contributed by atoms with Crippen LogP contribution in [-0.4, -0.2) is 44.7 Å². The molecular weight excluding hydrogens is 232 g/mol. The molecule has 0 radical (unpaired) electrons. The molecule has 0 atom stereocenters. The second kappa shape index (κ2) is 6.86. The second-order valence-corrected chi connectivity index (χ2v) is 3.88. The van der Waals surface area contributed by atoms with Gasteiger partial charge in [0.15, 0.2) is 0 Å². The van der Waals surface area contributed by atoms with Gasteiger partial charge in [0.05, 0.1) is 19.3 Å². The highest BCUT2D eigenvalue weighted by Crippen LogP contribution is 2.22. The molecule has 0 heterocycles. The maximum atomic E-state index is 12.2. The highest BCUT2D eigenvalue weighted by molar-refractivity contribution is 5.97. The Labute approximate surface area is 107 Å². The lowest BCUT2D eigenvalue weighted by Crippen LogP contribution is -2.30. The fourth-order valence-corrected chi connectivity index (χ4v) is 1.54. The van der Waals surface area contributed by atoms with Gasteiger partial charge < -0.3 is 20.1 Å². The van der Waals surface area contributed by atoms with E-state index in [2.05, 4.69) is 0 Å². The second-order valence-electron chi connectivity index (χ2n) is 3.88. The number of hydrogen-bond acceptors (Lipinski definition) is 4. The number of hydrogen-bond donors (Lipinski definition) is 1. The molecule has 1 aromatic carbocycles. The lowest BCUT2D eigenvalue weighted by Gasteiger charge is -2.18. The van der Waals surface area contributed by atoms with E-state index in [0.29, 0.717) is 36.8 Å². The SMILES string of the molecule is CCOCCN(C)C(=O)c1ccc(N)cc1OC. The van der Waals surface area contributed by atoms with Gasteiger partial charge in [0.2, 0.25) is 0 Å². The van der Waals surface area contributed by atoms with Gasteiger partial charge in [0.25, 0.3) is 5.91 Å². The van der Waals surface area contributed by atoms with E-state index in [0.717, 1.165) is 0 Å². The van der Waals surface area contributed by atoms with E-state index in [9.17, 15) is 4.79 Å². The summed E-state index contributed by atoms with van der Waals surface area (Å²) < 4.78 is 10.4. The Bertz CT molecular complexity index is 407. The first-order valence-corrected chi connectivity index (χ1v) is 5.86. The zero-order valence-corrected chi connectivity index (χ0v) is 11.1. The molecule has 0 spiro atoms. The van der Waals surface area contributed by atoms with Crippen LogP contribution in [0.4, 0.5) is 5.69 Å². The lowest BCUT2D eigenvalue weighted by atomic mass is 10.1. The lowest BCUT2D eigenvalue weighted by molar-refractivity contribution is 0.0707. The Kier molecular flexibility index (Phi) is 5.45. The normalized spacial score (nSPS) is 10.2. The summed E-state index contributed by atoms with van der Waals surface area (Å²) in [6, 6.07) is 5.00. The Hall–Kier alpha value is -1.75. The van der Waals surface area contributed by atoms with Crippen molar-refractivity contribution in [3.8, 4) is 5.75 Å². The molecule has 0 aliphatic heterocycles. The van der Waals surface area contributed by atoms with Crippen LogP contribution in [0.3, 0.4) is 0 Å². The first kappa shape index (κ1) is 14.3. The molecule has 0 unspecified atom stereocenters. The summed E-state index contributed by atoms with van der Waals surface area (Å²) in [5, 5.41) is 0. The number of nitrogens with zero attached hydrogens (tertiary/aromatic N) is 1. The van der Waals surface area contributed by atoms with Gasteiger partial charge in [-0.1, -0.05) is 0 Å². The highest BCUT2D eigenvalue weighted by Gasteiger charge is 2.16. The largest absolute Gasteiger partial charge is 0.496 e. The van der Waals surface area contributed by atoms with E-state index in [1.807, 2.05) is 6.92 Å². The Balaban J connectivity index is 2.76. The van der Waals surface area contributed by atoms with Crippen LogP contribution in [0.2, 0.25) is 0 Å². The zero-order valence-electron chi connectivity index (χ0n) is 11.1. The van der Waals surface area contributed by atoms with Crippen molar-refractivity contribution in [2.75, 3.05) is 39.6 Å². The molecule has 5 nitrogen and oxygen atoms in total. The first-order chi connectivity index (χ1) is 8.60. The average Bonchev–Trinajstić information content (AvgIpc) is 2.37. The fourth-order valence-electron chi connectivity index (χ4n) is 1.54. The zero-order chi connectivity index (χ0) is 13.5. The number of carbonyl (C=O) groups excluding carboxylic acids is 1. The number of carbonyl (C=O) groups is 1. The van der Waals surface area contributed by atoms with Crippen molar-refractivity contribution in [3.63, 3.8) is 0 Å². The number of ether oxygens (including phenoxy) is 2. The number of amides is 1. The summed E-state index contributed by atoms with van der Waals surface area (Å²) in [7, 11) is 3.25. The quantitative estimate of drug-likeness (QED) is 0.613. The van der Waals surface area contributed by atoms with E-state index < -0.39 is 0 Å². The van der Waals surface area contributed by atoms with E-state index >= 15 is 0 Å². The highest BCUT2D eigenvalue weighted by atomic mass is 16.5. The van der Waals surface area contributed by atoms with Crippen molar-refractivity contribution in [1.29, 1.82) is 0 Å². The van der Waals surface area contributed by atoms with Crippen molar-refractivity contribution in [2.45, 2.75) is 6.92 Å². The Morgan fingerprint density at radius 3 is 2.78 bits per heavy atom. The molecule has 0 fully saturated rings. The predicted octanol–water partition coefficient (Wildman–Crippen LogP) is 1.39. The topological polar surface area (TPSA) is 64.8 Å². The third kappa shape index (κ3) is 3.63. The van der Waals surface area contributed by atoms with E-state index in [-0.39, 0.29) is 5.91 Å². The summed E-state index contributed by atoms with van der Waals surface area (Å²) in [5.41, 5.74) is 6.73. The Morgan fingerprint density at radius 1 is 1.44 bits per heavy atom. The van der Waals surface area contributed by atoms with Crippen LogP contribution in [0.25, 0.3) is 0 Å². The van der Waals surface area contributed by atoms with E-state index in [1.165, 1.54) is 7.11 Å². The van der Waals surface area contributed by atoms with Crippen molar-refractivity contribution >= 4 is 11.6 Å². The summed E-state index contributed by atoms with van der Waals surface area (Å²) in [6.45, 7) is 3.63. The van der Waals surface area contributed by atoms with E-state index in [4.69, 9.17) is 15.2 Å². The molecule has 0 saturated carbocycles. The minimum Gasteiger partial charge on any atom is -0.496 e. The minimum atomic E-state index is -0.105. The molecule has 0 bridgehead atoms. The molecule has 5 heteroatoms. The standard InChI is InChI=1S/C13H20N2O3/c1-4-18-8-7-15(2)13(16)11-6-5-10(14)9-12(11)17-3/h5-6,9H,4,7-8,14H2,1-3H3. The fraction of sp³-hybridized carbons (Fsp3) is 0.462. The number of rotatable bonds is 6. The molecule has 100 valence electrons. The number of methoxy groups -OCH3 is 1. The summed E-state index contributed by atoms with van der Waals surface area (Å²) in [4.78, 5) is 13.8. The minimum absolute atomic E-state index is 0.105. The first-order valence-electron chi connectivity index (χ1n) is 5.86. The number of anilines is 1. The molecule has 0 aliphatic rings. The van der Waals surface area contributed by atoms with Crippen molar-refractivity contribution < 1.29 is 14.3 Å². The van der Waals surface area contributed by atoms with Gasteiger partial charge in [-0.25, -0.2) is 0 Å². The van der Waals surface area contributed by atoms with Crippen molar-refractivity contribution in [3.05, 3.63) is 23.8 Å². The Morgan fingerprint density at radius 2 is 2.17 bits per heavy atom. The van der Waals surface area contributed by atoms with Crippen molar-refractivity contribution in [1.82, 2.24) is 4.90 Å². The average molecular weight is 252 g/mol. The monoisotopic (exact) mass is 252 g/mol. The number of nitrogen functional groups attached to an aromatic ring is 1. The van der Waals surface area contributed by atoms with Crippen LogP contribution in [0.15, 0.2) is 18.2 Å². The van der Waals surface area contributed by atoms with Gasteiger partial charge in [-0.3, -0.25) is 4.79 Å². The van der Waals surface area contributed by atoms with Gasteiger partial charge in [-0.15, -0.1) is 0 Å². The number of benzene rings is 1. The smallest absolute Gasteiger partial charge is 0.257 e. The molecule has 2 N–H and O–H groups in total. The van der Waals surface area contributed by atoms with Crippen LogP contribution < -0.4 is 10.5 Å². The maximum absolute atomic E-state index is 12.2. The maximum Gasteiger partial charge on any atom is 0.257 e. The van der Waals surface area contributed by atoms with Gasteiger partial charge in [0.1, 0.15) is 5.75 Å². The third-order valence-electron chi connectivity index (χ3n) is 2.58. The molecule has 0 aromatic heterocycles. The van der Waals surface area contributed by atoms with Gasteiger partial charge >= 0.3 is 0 Å². The molecule has 18 heavy (non-hydrogen) atoms. The summed E-state index contributed by atoms with van der Waals surface area (Å²) >= 11 is 0. The molecule has 1 rings (SSSR count). The van der Waals surface area contributed by atoms with E-state index in [1.54, 1.807) is 30.1 Å². The van der Waals surface area contributed by atoms with Crippen LogP contribution in [0.1, 0.15) is 17.3 Å². The van der Waals surface area contributed by atoms with Crippen LogP contribution in [-0.2, 0) is 4.74 Å². The van der Waals surface area contributed by atoms with Crippen LogP contribution in [0, 0.1) is 0 Å². The number of nitrogens with two attached hydrogens (primary N) is 1. The molecule has 1 aromatic rings. The van der Waals surface area contributed by atoms with Crippen LogP contribution >= 0.6 is 0 Å². The predicted molar refractivity (Wildman–Crippen MR) is 70.9 cm³/mol. The molecule has 0 aliphatic carbocycles. The van der Waals surface area contributed by atoms with Gasteiger partial charge in [-0.2, -0.15) is 0 Å². The van der Waals surface area contributed by atoms with Gasteiger partial charge in [0, 0.05) is 32.0 Å². The van der Waals surface area contributed by atoms with Crippen molar-refractivity contribution in [2.24, 2.45) is 0 Å². The molecule has 1 amide bonds. The number of likely N-dealkylation sites (N-methyl/N-ethyl adjacent to an activating group) is 1. The van der Waals surface area contributed by atoms with Crippen LogP contribution in [0.5, 0.6) is 5.75 Å².